The maximum absolute atomic E-state index is 11.9. The highest BCUT2D eigenvalue weighted by Crippen LogP contribution is 2.36. The molecular weight excluding hydrogens is 356 g/mol. The van der Waals surface area contributed by atoms with E-state index in [0.717, 1.165) is 46.1 Å². The van der Waals surface area contributed by atoms with Crippen LogP contribution in [0.25, 0.3) is 21.9 Å². The Labute approximate surface area is 162 Å². The van der Waals surface area contributed by atoms with Crippen molar-refractivity contribution in [2.24, 2.45) is 5.92 Å². The molecule has 1 heterocycles. The molecule has 1 aliphatic carbocycles. The number of ether oxygens (including phenoxy) is 1. The van der Waals surface area contributed by atoms with Gasteiger partial charge in [0.1, 0.15) is 5.94 Å². The van der Waals surface area contributed by atoms with Gasteiger partial charge in [0.2, 0.25) is 0 Å². The van der Waals surface area contributed by atoms with Crippen LogP contribution in [0.2, 0.25) is 0 Å². The van der Waals surface area contributed by atoms with Crippen LogP contribution in [-0.4, -0.2) is 16.9 Å². The number of nitrogens with zero attached hydrogens (tertiary/aromatic N) is 2. The predicted molar refractivity (Wildman–Crippen MR) is 106 cm³/mol. The third-order valence-electron chi connectivity index (χ3n) is 4.97. The molecule has 2 aromatic carbocycles. The van der Waals surface area contributed by atoms with Gasteiger partial charge in [0.05, 0.1) is 17.6 Å². The number of benzene rings is 2. The molecule has 0 unspecified atom stereocenters. The number of hydrogen-bond acceptors (Lipinski definition) is 5. The minimum atomic E-state index is -0.0896. The van der Waals surface area contributed by atoms with E-state index in [1.807, 2.05) is 48.7 Å². The Balaban J connectivity index is 1.62. The molecule has 0 atom stereocenters. The van der Waals surface area contributed by atoms with Gasteiger partial charge in [-0.05, 0) is 35.9 Å². The quantitative estimate of drug-likeness (QED) is 0.350. The molecule has 0 N–H and O–H groups in total. The van der Waals surface area contributed by atoms with Gasteiger partial charge in [-0.15, -0.1) is 0 Å². The van der Waals surface area contributed by atoms with Crippen molar-refractivity contribution in [3.05, 3.63) is 60.4 Å². The zero-order chi connectivity index (χ0) is 18.6. The van der Waals surface area contributed by atoms with Gasteiger partial charge < -0.3 is 4.74 Å². The number of esters is 1. The largest absolute Gasteiger partial charge is 0.454 e. The number of carbonyl (C=O) groups is 1. The first-order chi connectivity index (χ1) is 13.3. The minimum Gasteiger partial charge on any atom is -0.454 e. The molecule has 5 heteroatoms. The average Bonchev–Trinajstić information content (AvgIpc) is 2.66. The smallest absolute Gasteiger partial charge is 0.309 e. The van der Waals surface area contributed by atoms with Crippen LogP contribution in [0.1, 0.15) is 24.8 Å². The van der Waals surface area contributed by atoms with Crippen LogP contribution in [0.15, 0.2) is 59.8 Å². The van der Waals surface area contributed by atoms with Crippen molar-refractivity contribution < 1.29 is 9.53 Å². The van der Waals surface area contributed by atoms with E-state index in [-0.39, 0.29) is 11.9 Å². The molecule has 4 nitrogen and oxygen atoms in total. The molecule has 0 saturated heterocycles. The summed E-state index contributed by atoms with van der Waals surface area (Å²) in [4.78, 5) is 17.2. The topological polar surface area (TPSA) is 63.0 Å². The molecule has 1 fully saturated rings. The molecule has 4 rings (SSSR count). The van der Waals surface area contributed by atoms with Crippen LogP contribution in [0.4, 0.5) is 0 Å². The lowest BCUT2D eigenvalue weighted by Crippen LogP contribution is -2.23. The van der Waals surface area contributed by atoms with Crippen molar-refractivity contribution in [1.29, 1.82) is 5.26 Å². The van der Waals surface area contributed by atoms with Crippen LogP contribution >= 0.6 is 11.8 Å². The van der Waals surface area contributed by atoms with Gasteiger partial charge >= 0.3 is 5.97 Å². The summed E-state index contributed by atoms with van der Waals surface area (Å²) in [7, 11) is 0. The Morgan fingerprint density at radius 3 is 2.70 bits per heavy atom. The molecule has 27 heavy (non-hydrogen) atoms. The van der Waals surface area contributed by atoms with Crippen molar-refractivity contribution in [2.75, 3.05) is 5.94 Å². The van der Waals surface area contributed by atoms with E-state index in [1.165, 1.54) is 11.8 Å². The van der Waals surface area contributed by atoms with E-state index >= 15 is 0 Å². The summed E-state index contributed by atoms with van der Waals surface area (Å²) in [6, 6.07) is 15.9. The number of nitriles is 1. The predicted octanol–water partition coefficient (Wildman–Crippen LogP) is 5.17. The molecule has 3 aromatic rings. The Hall–Kier alpha value is -2.84. The van der Waals surface area contributed by atoms with Crippen LogP contribution < -0.4 is 0 Å². The van der Waals surface area contributed by atoms with Gasteiger partial charge in [0.15, 0.2) is 0 Å². The summed E-state index contributed by atoms with van der Waals surface area (Å²) in [6.07, 6.45) is 6.57. The van der Waals surface area contributed by atoms with Crippen molar-refractivity contribution in [1.82, 2.24) is 4.98 Å². The van der Waals surface area contributed by atoms with E-state index in [4.69, 9.17) is 4.74 Å². The van der Waals surface area contributed by atoms with Crippen molar-refractivity contribution >= 4 is 28.5 Å². The first kappa shape index (κ1) is 17.6. The van der Waals surface area contributed by atoms with Crippen molar-refractivity contribution in [3.63, 3.8) is 0 Å². The summed E-state index contributed by atoms with van der Waals surface area (Å²) >= 11 is 1.49. The highest BCUT2D eigenvalue weighted by atomic mass is 32.2. The lowest BCUT2D eigenvalue weighted by Gasteiger charge is -2.23. The van der Waals surface area contributed by atoms with Crippen molar-refractivity contribution in [2.45, 2.75) is 24.2 Å². The zero-order valence-corrected chi connectivity index (χ0v) is 15.5. The zero-order valence-electron chi connectivity index (χ0n) is 14.7. The number of hydrogen-bond donors (Lipinski definition) is 0. The summed E-state index contributed by atoms with van der Waals surface area (Å²) in [5, 5.41) is 11.3. The molecular formula is C22H18N2O2S. The standard InChI is InChI=1S/C22H18N2O2S/c23-12-16-8-9-19(18-7-2-1-6-17(16)18)20-13-24-11-10-21(20)27-14-26-22(25)15-4-3-5-15/h1-2,6-11,13,15H,3-5,14H2. The van der Waals surface area contributed by atoms with E-state index in [9.17, 15) is 10.1 Å². The van der Waals surface area contributed by atoms with Crippen LogP contribution in [0, 0.1) is 17.2 Å². The number of carbonyl (C=O) groups excluding carboxylic acids is 1. The number of rotatable bonds is 5. The van der Waals surface area contributed by atoms with E-state index in [2.05, 4.69) is 11.1 Å². The van der Waals surface area contributed by atoms with Crippen LogP contribution in [0.3, 0.4) is 0 Å². The van der Waals surface area contributed by atoms with E-state index in [1.54, 1.807) is 6.20 Å². The second kappa shape index (κ2) is 7.81. The summed E-state index contributed by atoms with van der Waals surface area (Å²) in [6.45, 7) is 0. The van der Waals surface area contributed by atoms with Gasteiger partial charge in [0.25, 0.3) is 0 Å². The highest BCUT2D eigenvalue weighted by molar-refractivity contribution is 7.99. The fourth-order valence-corrected chi connectivity index (χ4v) is 4.03. The van der Waals surface area contributed by atoms with Gasteiger partial charge in [-0.2, -0.15) is 5.26 Å². The van der Waals surface area contributed by atoms with E-state index < -0.39 is 0 Å². The SMILES string of the molecule is N#Cc1ccc(-c2cnccc2SCOC(=O)C2CCC2)c2ccccc12. The first-order valence-electron chi connectivity index (χ1n) is 8.93. The van der Waals surface area contributed by atoms with Gasteiger partial charge in [0, 0.05) is 28.2 Å². The third kappa shape index (κ3) is 3.54. The lowest BCUT2D eigenvalue weighted by atomic mass is 9.86. The molecule has 1 aliphatic rings. The van der Waals surface area contributed by atoms with E-state index in [0.29, 0.717) is 11.5 Å². The molecule has 0 radical (unpaired) electrons. The summed E-state index contributed by atoms with van der Waals surface area (Å²) < 4.78 is 5.43. The minimum absolute atomic E-state index is 0.0879. The Kier molecular flexibility index (Phi) is 5.08. The number of fused-ring (bicyclic) bond motifs is 1. The second-order valence-electron chi connectivity index (χ2n) is 6.54. The molecule has 0 bridgehead atoms. The molecule has 0 aliphatic heterocycles. The van der Waals surface area contributed by atoms with Crippen LogP contribution in [-0.2, 0) is 9.53 Å². The molecule has 0 amide bonds. The Bertz CT molecular complexity index is 1040. The Morgan fingerprint density at radius 1 is 1.15 bits per heavy atom. The van der Waals surface area contributed by atoms with Crippen molar-refractivity contribution in [3.8, 4) is 17.2 Å². The number of pyridine rings is 1. The monoisotopic (exact) mass is 374 g/mol. The highest BCUT2D eigenvalue weighted by Gasteiger charge is 2.26. The maximum atomic E-state index is 11.9. The number of thioether (sulfide) groups is 1. The van der Waals surface area contributed by atoms with Gasteiger partial charge in [-0.25, -0.2) is 0 Å². The molecule has 0 spiro atoms. The summed E-state index contributed by atoms with van der Waals surface area (Å²) in [5.41, 5.74) is 2.65. The normalized spacial score (nSPS) is 13.7. The molecule has 1 saturated carbocycles. The van der Waals surface area contributed by atoms with Gasteiger partial charge in [-0.3, -0.25) is 9.78 Å². The summed E-state index contributed by atoms with van der Waals surface area (Å²) in [5.74, 6) is 0.291. The second-order valence-corrected chi connectivity index (χ2v) is 7.51. The van der Waals surface area contributed by atoms with Gasteiger partial charge in [-0.1, -0.05) is 48.5 Å². The number of aromatic nitrogens is 1. The fourth-order valence-electron chi connectivity index (χ4n) is 3.25. The third-order valence-corrected chi connectivity index (χ3v) is 5.87. The lowest BCUT2D eigenvalue weighted by molar-refractivity contribution is -0.149. The van der Waals surface area contributed by atoms with Crippen LogP contribution in [0.5, 0.6) is 0 Å². The maximum Gasteiger partial charge on any atom is 0.309 e. The molecule has 1 aromatic heterocycles. The first-order valence-corrected chi connectivity index (χ1v) is 9.92. The average molecular weight is 374 g/mol. The fraction of sp³-hybridized carbons (Fsp3) is 0.227. The Morgan fingerprint density at radius 2 is 1.96 bits per heavy atom. The molecule has 134 valence electrons.